The van der Waals surface area contributed by atoms with Crippen molar-refractivity contribution in [2.45, 2.75) is 39.2 Å². The van der Waals surface area contributed by atoms with Crippen LogP contribution in [0.1, 0.15) is 42.9 Å². The first-order chi connectivity index (χ1) is 16.4. The highest BCUT2D eigenvalue weighted by atomic mass is 35.5. The van der Waals surface area contributed by atoms with Gasteiger partial charge in [0.1, 0.15) is 11.9 Å². The number of ether oxygens (including phenoxy) is 2. The number of likely N-dealkylation sites (tertiary alicyclic amines) is 1. The fraction of sp³-hybridized carbons (Fsp3) is 0.560. The molecule has 2 saturated heterocycles. The number of hydrogen-bond donors (Lipinski definition) is 0. The second-order valence-corrected chi connectivity index (χ2v) is 9.83. The molecule has 0 radical (unpaired) electrons. The molecule has 0 bridgehead atoms. The molecule has 184 valence electrons. The molecule has 2 aliphatic heterocycles. The fourth-order valence-corrected chi connectivity index (χ4v) is 4.69. The minimum absolute atomic E-state index is 0.0566. The Morgan fingerprint density at radius 1 is 1.18 bits per heavy atom. The molecular weight excluding hydrogens is 458 g/mol. The van der Waals surface area contributed by atoms with E-state index in [1.165, 1.54) is 0 Å². The van der Waals surface area contributed by atoms with Crippen LogP contribution in [0.5, 0.6) is 5.75 Å². The molecule has 1 aromatic heterocycles. The number of carbonyl (C=O) groups excluding carboxylic acids is 2. The molecule has 3 heterocycles. The number of hydrogen-bond acceptors (Lipinski definition) is 6. The molecule has 4 rings (SSSR count). The predicted molar refractivity (Wildman–Crippen MR) is 127 cm³/mol. The molecule has 2 aliphatic rings. The third-order valence-electron chi connectivity index (χ3n) is 6.22. The summed E-state index contributed by atoms with van der Waals surface area (Å²) < 4.78 is 17.0. The van der Waals surface area contributed by atoms with Gasteiger partial charge in [-0.25, -0.2) is 0 Å². The number of rotatable bonds is 7. The lowest BCUT2D eigenvalue weighted by Gasteiger charge is -2.39. The Balaban J connectivity index is 1.47. The van der Waals surface area contributed by atoms with E-state index in [1.54, 1.807) is 23.1 Å². The van der Waals surface area contributed by atoms with Crippen molar-refractivity contribution in [1.29, 1.82) is 0 Å². The van der Waals surface area contributed by atoms with Gasteiger partial charge in [-0.15, -0.1) is 0 Å². The van der Waals surface area contributed by atoms with E-state index in [4.69, 9.17) is 25.6 Å². The van der Waals surface area contributed by atoms with Crippen molar-refractivity contribution < 1.29 is 23.6 Å². The highest BCUT2D eigenvalue weighted by Crippen LogP contribution is 2.29. The van der Waals surface area contributed by atoms with Gasteiger partial charge < -0.3 is 23.8 Å². The van der Waals surface area contributed by atoms with Gasteiger partial charge in [0.05, 0.1) is 18.9 Å². The Morgan fingerprint density at radius 2 is 1.97 bits per heavy atom. The first-order valence-electron chi connectivity index (χ1n) is 11.9. The summed E-state index contributed by atoms with van der Waals surface area (Å²) in [5.74, 6) is 1.01. The quantitative estimate of drug-likeness (QED) is 0.589. The highest BCUT2D eigenvalue weighted by Gasteiger charge is 2.36. The van der Waals surface area contributed by atoms with E-state index in [-0.39, 0.29) is 29.6 Å². The zero-order chi connectivity index (χ0) is 24.1. The number of nitrogens with zero attached hydrogens (tertiary/aromatic N) is 3. The molecule has 34 heavy (non-hydrogen) atoms. The van der Waals surface area contributed by atoms with Crippen LogP contribution < -0.4 is 4.74 Å². The molecule has 2 aromatic rings. The molecule has 0 N–H and O–H groups in total. The van der Waals surface area contributed by atoms with Gasteiger partial charge in [-0.05, 0) is 30.5 Å². The lowest BCUT2D eigenvalue weighted by Crippen LogP contribution is -2.50. The Kier molecular flexibility index (Phi) is 8.11. The molecule has 0 spiro atoms. The van der Waals surface area contributed by atoms with Crippen LogP contribution in [0.3, 0.4) is 0 Å². The van der Waals surface area contributed by atoms with Crippen molar-refractivity contribution in [3.63, 3.8) is 0 Å². The Labute approximate surface area is 205 Å². The minimum atomic E-state index is -0.210. The summed E-state index contributed by atoms with van der Waals surface area (Å²) >= 11 is 6.13. The molecular formula is C25H32ClN3O5. The van der Waals surface area contributed by atoms with Crippen molar-refractivity contribution in [3.8, 4) is 5.75 Å². The highest BCUT2D eigenvalue weighted by molar-refractivity contribution is 6.30. The van der Waals surface area contributed by atoms with E-state index >= 15 is 0 Å². The Hall–Kier alpha value is -2.58. The van der Waals surface area contributed by atoms with Gasteiger partial charge in [0.25, 0.3) is 5.91 Å². The summed E-state index contributed by atoms with van der Waals surface area (Å²) in [4.78, 5) is 29.8. The summed E-state index contributed by atoms with van der Waals surface area (Å²) in [7, 11) is 0. The first-order valence-corrected chi connectivity index (χ1v) is 12.3. The van der Waals surface area contributed by atoms with Crippen LogP contribution in [-0.2, 0) is 16.0 Å². The number of amides is 2. The van der Waals surface area contributed by atoms with E-state index in [0.717, 1.165) is 12.1 Å². The number of halogens is 1. The summed E-state index contributed by atoms with van der Waals surface area (Å²) in [5, 5.41) is 4.64. The standard InChI is InChI=1S/C25H32ClN3O5/c1-17(2)12-20-15-23(34-27-20)25(31)29-7-6-22(33-21-5-3-4-19(26)14-21)18(16-29)13-24(30)28-8-10-32-11-9-28/h3-5,14-15,17-18,22H,6-13,16H2,1-2H3/t18-,22-/m0/s1. The molecule has 2 fully saturated rings. The average molecular weight is 490 g/mol. The second kappa shape index (κ2) is 11.2. The predicted octanol–water partition coefficient (Wildman–Crippen LogP) is 3.69. The van der Waals surface area contributed by atoms with Crippen LogP contribution >= 0.6 is 11.6 Å². The average Bonchev–Trinajstić information content (AvgIpc) is 3.28. The van der Waals surface area contributed by atoms with Gasteiger partial charge in [-0.1, -0.05) is 36.7 Å². The van der Waals surface area contributed by atoms with Crippen LogP contribution in [0.4, 0.5) is 0 Å². The molecule has 8 nitrogen and oxygen atoms in total. The van der Waals surface area contributed by atoms with Gasteiger partial charge >= 0.3 is 0 Å². The van der Waals surface area contributed by atoms with Crippen molar-refractivity contribution in [3.05, 3.63) is 46.8 Å². The number of piperidine rings is 1. The fourth-order valence-electron chi connectivity index (χ4n) is 4.51. The monoisotopic (exact) mass is 489 g/mol. The van der Waals surface area contributed by atoms with Gasteiger partial charge in [0.2, 0.25) is 11.7 Å². The van der Waals surface area contributed by atoms with E-state index < -0.39 is 0 Å². The van der Waals surface area contributed by atoms with Gasteiger partial charge in [0, 0.05) is 56.0 Å². The molecule has 2 amide bonds. The van der Waals surface area contributed by atoms with Crippen LogP contribution in [0, 0.1) is 11.8 Å². The maximum Gasteiger partial charge on any atom is 0.292 e. The molecule has 9 heteroatoms. The summed E-state index contributed by atoms with van der Waals surface area (Å²) in [6.45, 7) is 7.37. The number of carbonyl (C=O) groups is 2. The van der Waals surface area contributed by atoms with Crippen molar-refractivity contribution >= 4 is 23.4 Å². The smallest absolute Gasteiger partial charge is 0.292 e. The SMILES string of the molecule is CC(C)Cc1cc(C(=O)N2CC[C@H](Oc3cccc(Cl)c3)[C@@H](CC(=O)N3CCOCC3)C2)on1. The lowest BCUT2D eigenvalue weighted by atomic mass is 9.90. The molecule has 2 atom stereocenters. The number of benzene rings is 1. The van der Waals surface area contributed by atoms with Crippen LogP contribution in [0.15, 0.2) is 34.9 Å². The van der Waals surface area contributed by atoms with Crippen molar-refractivity contribution in [2.75, 3.05) is 39.4 Å². The van der Waals surface area contributed by atoms with Crippen LogP contribution in [-0.4, -0.2) is 72.3 Å². The Morgan fingerprint density at radius 3 is 2.71 bits per heavy atom. The van der Waals surface area contributed by atoms with E-state index in [1.807, 2.05) is 17.0 Å². The minimum Gasteiger partial charge on any atom is -0.490 e. The van der Waals surface area contributed by atoms with Crippen molar-refractivity contribution in [1.82, 2.24) is 15.0 Å². The topological polar surface area (TPSA) is 85.1 Å². The van der Waals surface area contributed by atoms with Crippen molar-refractivity contribution in [2.24, 2.45) is 11.8 Å². The lowest BCUT2D eigenvalue weighted by molar-refractivity contribution is -0.137. The zero-order valence-corrected chi connectivity index (χ0v) is 20.5. The maximum absolute atomic E-state index is 13.2. The van der Waals surface area contributed by atoms with Crippen LogP contribution in [0.25, 0.3) is 0 Å². The third-order valence-corrected chi connectivity index (χ3v) is 6.46. The summed E-state index contributed by atoms with van der Waals surface area (Å²) in [5.41, 5.74) is 0.775. The van der Waals surface area contributed by atoms with Gasteiger partial charge in [-0.2, -0.15) is 0 Å². The molecule has 0 aliphatic carbocycles. The first kappa shape index (κ1) is 24.5. The second-order valence-electron chi connectivity index (χ2n) is 9.39. The van der Waals surface area contributed by atoms with Gasteiger partial charge in [0.15, 0.2) is 0 Å². The number of aromatic nitrogens is 1. The Bertz CT molecular complexity index is 988. The van der Waals surface area contributed by atoms with Gasteiger partial charge in [-0.3, -0.25) is 9.59 Å². The largest absolute Gasteiger partial charge is 0.490 e. The van der Waals surface area contributed by atoms with E-state index in [0.29, 0.717) is 68.9 Å². The van der Waals surface area contributed by atoms with E-state index in [2.05, 4.69) is 19.0 Å². The summed E-state index contributed by atoms with van der Waals surface area (Å²) in [6.07, 6.45) is 1.44. The zero-order valence-electron chi connectivity index (χ0n) is 19.7. The molecule has 0 saturated carbocycles. The third kappa shape index (κ3) is 6.30. The normalized spacial score (nSPS) is 21.1. The number of morpholine rings is 1. The molecule has 1 aromatic carbocycles. The van der Waals surface area contributed by atoms with Crippen LogP contribution in [0.2, 0.25) is 5.02 Å². The van der Waals surface area contributed by atoms with E-state index in [9.17, 15) is 9.59 Å². The molecule has 0 unspecified atom stereocenters. The summed E-state index contributed by atoms with van der Waals surface area (Å²) in [6, 6.07) is 8.98. The maximum atomic E-state index is 13.2.